The number of nitrogens with one attached hydrogen (secondary N) is 1. The highest BCUT2D eigenvalue weighted by Gasteiger charge is 2.08. The van der Waals surface area contributed by atoms with Gasteiger partial charge in [0.2, 0.25) is 5.91 Å². The van der Waals surface area contributed by atoms with Crippen molar-refractivity contribution in [2.24, 2.45) is 0 Å². The zero-order valence-corrected chi connectivity index (χ0v) is 12.9. The van der Waals surface area contributed by atoms with Crippen molar-refractivity contribution in [3.63, 3.8) is 0 Å². The number of hydrogen-bond donors (Lipinski definition) is 1. The van der Waals surface area contributed by atoms with Gasteiger partial charge in [0, 0.05) is 12.1 Å². The highest BCUT2D eigenvalue weighted by Crippen LogP contribution is 2.20. The Labute approximate surface area is 130 Å². The van der Waals surface area contributed by atoms with Crippen molar-refractivity contribution in [3.05, 3.63) is 65.0 Å². The molecule has 1 amide bonds. The van der Waals surface area contributed by atoms with E-state index in [1.54, 1.807) is 19.2 Å². The van der Waals surface area contributed by atoms with Gasteiger partial charge >= 0.3 is 0 Å². The monoisotopic (exact) mass is 301 g/mol. The Kier molecular flexibility index (Phi) is 5.53. The van der Waals surface area contributed by atoms with Gasteiger partial charge in [-0.3, -0.25) is 4.79 Å². The van der Waals surface area contributed by atoms with E-state index in [-0.39, 0.29) is 18.1 Å². The summed E-state index contributed by atoms with van der Waals surface area (Å²) in [7, 11) is 1.60. The number of halogens is 1. The van der Waals surface area contributed by atoms with Gasteiger partial charge in [0.15, 0.2) is 0 Å². The molecule has 0 unspecified atom stereocenters. The van der Waals surface area contributed by atoms with Crippen molar-refractivity contribution in [1.82, 2.24) is 5.32 Å². The molecule has 0 atom stereocenters. The first-order valence-electron chi connectivity index (χ1n) is 7.23. The number of carbonyl (C=O) groups is 1. The molecule has 2 rings (SSSR count). The third-order valence-corrected chi connectivity index (χ3v) is 3.44. The maximum Gasteiger partial charge on any atom is 0.224 e. The minimum absolute atomic E-state index is 0.0500. The van der Waals surface area contributed by atoms with E-state index in [2.05, 4.69) is 5.32 Å². The van der Waals surface area contributed by atoms with E-state index >= 15 is 0 Å². The maximum atomic E-state index is 12.8. The molecule has 3 nitrogen and oxygen atoms in total. The summed E-state index contributed by atoms with van der Waals surface area (Å²) in [6.45, 7) is 2.51. The quantitative estimate of drug-likeness (QED) is 0.890. The summed E-state index contributed by atoms with van der Waals surface area (Å²) in [5, 5.41) is 2.88. The van der Waals surface area contributed by atoms with Crippen LogP contribution in [0.15, 0.2) is 42.5 Å². The molecule has 22 heavy (non-hydrogen) atoms. The molecule has 2 aromatic rings. The van der Waals surface area contributed by atoms with Gasteiger partial charge in [0.25, 0.3) is 0 Å². The average Bonchev–Trinajstić information content (AvgIpc) is 2.49. The molecule has 0 aliphatic heterocycles. The van der Waals surface area contributed by atoms with Crippen LogP contribution in [-0.2, 0) is 17.6 Å². The average molecular weight is 301 g/mol. The zero-order chi connectivity index (χ0) is 15.9. The van der Waals surface area contributed by atoms with Crippen LogP contribution in [0.3, 0.4) is 0 Å². The Morgan fingerprint density at radius 2 is 1.91 bits per heavy atom. The lowest BCUT2D eigenvalue weighted by Crippen LogP contribution is -2.27. The van der Waals surface area contributed by atoms with Gasteiger partial charge in [0.1, 0.15) is 11.6 Å². The van der Waals surface area contributed by atoms with Crippen molar-refractivity contribution in [2.75, 3.05) is 13.7 Å². The fraction of sp³-hybridized carbons (Fsp3) is 0.278. The largest absolute Gasteiger partial charge is 0.496 e. The van der Waals surface area contributed by atoms with Crippen LogP contribution in [0.1, 0.15) is 16.7 Å². The van der Waals surface area contributed by atoms with Crippen LogP contribution >= 0.6 is 0 Å². The molecule has 0 radical (unpaired) electrons. The molecule has 116 valence electrons. The molecule has 0 saturated heterocycles. The second kappa shape index (κ2) is 7.59. The molecule has 0 saturated carbocycles. The number of rotatable bonds is 6. The first-order chi connectivity index (χ1) is 10.6. The smallest absolute Gasteiger partial charge is 0.224 e. The molecule has 2 aromatic carbocycles. The van der Waals surface area contributed by atoms with Gasteiger partial charge in [-0.1, -0.05) is 29.8 Å². The van der Waals surface area contributed by atoms with E-state index in [0.29, 0.717) is 13.0 Å². The maximum absolute atomic E-state index is 12.8. The van der Waals surface area contributed by atoms with E-state index in [9.17, 15) is 9.18 Å². The number of amides is 1. The zero-order valence-electron chi connectivity index (χ0n) is 12.9. The van der Waals surface area contributed by atoms with Crippen molar-refractivity contribution in [2.45, 2.75) is 19.8 Å². The minimum atomic E-state index is -0.251. The van der Waals surface area contributed by atoms with E-state index in [4.69, 9.17) is 4.74 Å². The third kappa shape index (κ3) is 4.58. The lowest BCUT2D eigenvalue weighted by atomic mass is 10.1. The summed E-state index contributed by atoms with van der Waals surface area (Å²) in [5.41, 5.74) is 2.96. The summed E-state index contributed by atoms with van der Waals surface area (Å²) >= 11 is 0. The molecule has 4 heteroatoms. The number of ether oxygens (including phenoxy) is 1. The Hall–Kier alpha value is -2.36. The highest BCUT2D eigenvalue weighted by molar-refractivity contribution is 5.79. The molecule has 0 bridgehead atoms. The summed E-state index contributed by atoms with van der Waals surface area (Å²) in [6, 6.07) is 12.1. The van der Waals surface area contributed by atoms with Crippen LogP contribution < -0.4 is 10.1 Å². The Bertz CT molecular complexity index is 638. The Morgan fingerprint density at radius 3 is 2.59 bits per heavy atom. The lowest BCUT2D eigenvalue weighted by molar-refractivity contribution is -0.120. The second-order valence-electron chi connectivity index (χ2n) is 5.22. The predicted molar refractivity (Wildman–Crippen MR) is 84.5 cm³/mol. The first kappa shape index (κ1) is 16.0. The van der Waals surface area contributed by atoms with Crippen molar-refractivity contribution in [1.29, 1.82) is 0 Å². The first-order valence-corrected chi connectivity index (χ1v) is 7.23. The summed E-state index contributed by atoms with van der Waals surface area (Å²) < 4.78 is 18.1. The van der Waals surface area contributed by atoms with Gasteiger partial charge in [-0.05, 0) is 37.1 Å². The Morgan fingerprint density at radius 1 is 1.18 bits per heavy atom. The molecular formula is C18H20FNO2. The fourth-order valence-electron chi connectivity index (χ4n) is 2.28. The number of hydrogen-bond acceptors (Lipinski definition) is 2. The van der Waals surface area contributed by atoms with E-state index in [0.717, 1.165) is 22.4 Å². The van der Waals surface area contributed by atoms with Gasteiger partial charge in [-0.15, -0.1) is 0 Å². The molecule has 0 aromatic heterocycles. The van der Waals surface area contributed by atoms with Crippen LogP contribution in [0.2, 0.25) is 0 Å². The van der Waals surface area contributed by atoms with Crippen molar-refractivity contribution < 1.29 is 13.9 Å². The van der Waals surface area contributed by atoms with E-state index in [1.165, 1.54) is 12.1 Å². The van der Waals surface area contributed by atoms with E-state index in [1.807, 2.05) is 25.1 Å². The van der Waals surface area contributed by atoms with Crippen LogP contribution in [0.25, 0.3) is 0 Å². The molecule has 0 spiro atoms. The molecular weight excluding hydrogens is 281 g/mol. The molecule has 1 N–H and O–H groups in total. The Balaban J connectivity index is 1.85. The van der Waals surface area contributed by atoms with Crippen LogP contribution in [0, 0.1) is 12.7 Å². The highest BCUT2D eigenvalue weighted by atomic mass is 19.1. The van der Waals surface area contributed by atoms with Crippen LogP contribution in [0.4, 0.5) is 4.39 Å². The second-order valence-corrected chi connectivity index (χ2v) is 5.22. The normalized spacial score (nSPS) is 10.3. The van der Waals surface area contributed by atoms with Crippen molar-refractivity contribution in [3.8, 4) is 5.75 Å². The molecule has 0 fully saturated rings. The fourth-order valence-corrected chi connectivity index (χ4v) is 2.28. The summed E-state index contributed by atoms with van der Waals surface area (Å²) in [6.07, 6.45) is 0.964. The summed E-state index contributed by atoms with van der Waals surface area (Å²) in [5.74, 6) is 0.421. The summed E-state index contributed by atoms with van der Waals surface area (Å²) in [4.78, 5) is 12.0. The molecule has 0 aliphatic carbocycles. The minimum Gasteiger partial charge on any atom is -0.496 e. The van der Waals surface area contributed by atoms with Crippen molar-refractivity contribution >= 4 is 5.91 Å². The number of benzene rings is 2. The van der Waals surface area contributed by atoms with Gasteiger partial charge < -0.3 is 10.1 Å². The standard InChI is InChI=1S/C18H20FNO2/c1-13-3-8-17(22-2)15(11-13)12-18(21)20-10-9-14-4-6-16(19)7-5-14/h3-8,11H,9-10,12H2,1-2H3,(H,20,21). The lowest BCUT2D eigenvalue weighted by Gasteiger charge is -2.10. The molecule has 0 aliphatic rings. The van der Waals surface area contributed by atoms with Gasteiger partial charge in [-0.2, -0.15) is 0 Å². The third-order valence-electron chi connectivity index (χ3n) is 3.44. The van der Waals surface area contributed by atoms with Crippen LogP contribution in [0.5, 0.6) is 5.75 Å². The topological polar surface area (TPSA) is 38.3 Å². The molecule has 0 heterocycles. The number of aryl methyl sites for hydroxylation is 1. The number of methoxy groups -OCH3 is 1. The number of carbonyl (C=O) groups excluding carboxylic acids is 1. The van der Waals surface area contributed by atoms with Crippen LogP contribution in [-0.4, -0.2) is 19.6 Å². The SMILES string of the molecule is COc1ccc(C)cc1CC(=O)NCCc1ccc(F)cc1. The van der Waals surface area contributed by atoms with Gasteiger partial charge in [-0.25, -0.2) is 4.39 Å². The predicted octanol–water partition coefficient (Wildman–Crippen LogP) is 3.04. The van der Waals surface area contributed by atoms with E-state index < -0.39 is 0 Å². The van der Waals surface area contributed by atoms with Gasteiger partial charge in [0.05, 0.1) is 13.5 Å².